The number of hydrogen-bond donors (Lipinski definition) is 0. The van der Waals surface area contributed by atoms with E-state index in [0.717, 1.165) is 12.8 Å². The lowest BCUT2D eigenvalue weighted by Gasteiger charge is -2.34. The molecule has 2 aliphatic rings. The van der Waals surface area contributed by atoms with Crippen LogP contribution in [0.1, 0.15) is 18.4 Å². The van der Waals surface area contributed by atoms with Crippen LogP contribution in [0.5, 0.6) is 0 Å². The van der Waals surface area contributed by atoms with Crippen LogP contribution < -0.4 is 0 Å². The fourth-order valence-corrected chi connectivity index (χ4v) is 5.60. The van der Waals surface area contributed by atoms with E-state index in [9.17, 15) is 13.2 Å². The second-order valence-corrected chi connectivity index (χ2v) is 8.18. The highest BCUT2D eigenvalue weighted by Gasteiger charge is 2.58. The number of halogens is 4. The monoisotopic (exact) mass is 278 g/mol. The van der Waals surface area contributed by atoms with E-state index in [1.807, 2.05) is 0 Å². The SMILES string of the molecule is FC(F)(F)S1(Cl)C(C2CC2)=Cc2ccccc21. The smallest absolute Gasteiger partial charge is 0.160 e. The summed E-state index contributed by atoms with van der Waals surface area (Å²) in [6.07, 6.45) is 3.32. The van der Waals surface area contributed by atoms with Gasteiger partial charge in [0.25, 0.3) is 0 Å². The zero-order chi connectivity index (χ0) is 12.3. The van der Waals surface area contributed by atoms with Gasteiger partial charge in [-0.05, 0) is 61.3 Å². The first-order valence-corrected chi connectivity index (χ1v) is 7.80. The van der Waals surface area contributed by atoms with Crippen LogP contribution >= 0.6 is 19.9 Å². The number of rotatable bonds is 1. The van der Waals surface area contributed by atoms with Crippen LogP contribution in [0.25, 0.3) is 6.08 Å². The van der Waals surface area contributed by atoms with E-state index < -0.39 is 14.7 Å². The maximum atomic E-state index is 13.3. The van der Waals surface area contributed by atoms with E-state index in [2.05, 4.69) is 0 Å². The lowest BCUT2D eigenvalue weighted by molar-refractivity contribution is -0.0360. The minimum atomic E-state index is -4.37. The van der Waals surface area contributed by atoms with Crippen molar-refractivity contribution in [1.29, 1.82) is 0 Å². The summed E-state index contributed by atoms with van der Waals surface area (Å²) in [6.45, 7) is 0. The zero-order valence-corrected chi connectivity index (χ0v) is 10.4. The van der Waals surface area contributed by atoms with Crippen molar-refractivity contribution in [3.8, 4) is 0 Å². The number of fused-ring (bicyclic) bond motifs is 1. The molecule has 0 radical (unpaired) electrons. The maximum absolute atomic E-state index is 13.3. The fourth-order valence-electron chi connectivity index (χ4n) is 2.19. The predicted molar refractivity (Wildman–Crippen MR) is 64.9 cm³/mol. The standard InChI is InChI=1S/C12H10ClF3S/c13-17(12(14,15)16)10-4-2-1-3-9(10)7-11(17)8-5-6-8/h1-4,7-8H,5-6H2. The van der Waals surface area contributed by atoms with Crippen molar-refractivity contribution >= 4 is 26.0 Å². The van der Waals surface area contributed by atoms with E-state index in [-0.39, 0.29) is 10.8 Å². The molecule has 0 N–H and O–H groups in total. The third kappa shape index (κ3) is 1.54. The van der Waals surface area contributed by atoms with Gasteiger partial charge in [-0.1, -0.05) is 18.2 Å². The Morgan fingerprint density at radius 3 is 2.41 bits per heavy atom. The third-order valence-electron chi connectivity index (χ3n) is 3.14. The molecule has 1 fully saturated rings. The fraction of sp³-hybridized carbons (Fsp3) is 0.333. The number of benzene rings is 1. The van der Waals surface area contributed by atoms with Gasteiger partial charge in [-0.2, -0.15) is 13.2 Å². The van der Waals surface area contributed by atoms with Gasteiger partial charge in [-0.15, -0.1) is 0 Å². The van der Waals surface area contributed by atoms with Crippen molar-refractivity contribution in [3.05, 3.63) is 34.7 Å². The normalized spacial score (nSPS) is 31.6. The van der Waals surface area contributed by atoms with Gasteiger partial charge in [0, 0.05) is 4.90 Å². The Labute approximate surface area is 103 Å². The second-order valence-electron chi connectivity index (χ2n) is 4.34. The zero-order valence-electron chi connectivity index (χ0n) is 8.80. The molecule has 92 valence electrons. The molecule has 0 spiro atoms. The number of hydrogen-bond acceptors (Lipinski definition) is 0. The highest BCUT2D eigenvalue weighted by molar-refractivity contribution is 8.54. The molecule has 1 aromatic rings. The van der Waals surface area contributed by atoms with Crippen LogP contribution in [-0.4, -0.2) is 5.51 Å². The van der Waals surface area contributed by atoms with Crippen molar-refractivity contribution < 1.29 is 13.2 Å². The van der Waals surface area contributed by atoms with Gasteiger partial charge in [-0.25, -0.2) is 0 Å². The van der Waals surface area contributed by atoms with Crippen LogP contribution in [0, 0.1) is 5.92 Å². The summed E-state index contributed by atoms with van der Waals surface area (Å²) in [7, 11) is 2.74. The van der Waals surface area contributed by atoms with E-state index in [0.29, 0.717) is 10.5 Å². The molecule has 1 unspecified atom stereocenters. The lowest BCUT2D eigenvalue weighted by Crippen LogP contribution is -2.16. The molecule has 0 bridgehead atoms. The molecule has 0 aromatic heterocycles. The molecule has 0 nitrogen and oxygen atoms in total. The Kier molecular flexibility index (Phi) is 2.33. The van der Waals surface area contributed by atoms with Crippen LogP contribution in [0.3, 0.4) is 0 Å². The van der Waals surface area contributed by atoms with Crippen molar-refractivity contribution in [3.63, 3.8) is 0 Å². The van der Waals surface area contributed by atoms with E-state index >= 15 is 0 Å². The first-order chi connectivity index (χ1) is 7.94. The van der Waals surface area contributed by atoms with Crippen molar-refractivity contribution in [1.82, 2.24) is 0 Å². The summed E-state index contributed by atoms with van der Waals surface area (Å²) in [5, 5.41) is 0. The molecule has 1 saturated carbocycles. The van der Waals surface area contributed by atoms with Gasteiger partial charge < -0.3 is 0 Å². The molecule has 1 aliphatic heterocycles. The summed E-state index contributed by atoms with van der Waals surface area (Å²) >= 11 is 0. The molecule has 1 aromatic carbocycles. The van der Waals surface area contributed by atoms with E-state index in [1.54, 1.807) is 24.3 Å². The first kappa shape index (κ1) is 11.5. The van der Waals surface area contributed by atoms with Crippen LogP contribution in [0.15, 0.2) is 34.1 Å². The molecule has 1 aliphatic carbocycles. The van der Waals surface area contributed by atoms with Crippen LogP contribution in [0.2, 0.25) is 0 Å². The highest BCUT2D eigenvalue weighted by atomic mass is 35.7. The van der Waals surface area contributed by atoms with Gasteiger partial charge in [0.15, 0.2) is 0 Å². The molecule has 1 heterocycles. The molecule has 17 heavy (non-hydrogen) atoms. The highest BCUT2D eigenvalue weighted by Crippen LogP contribution is 2.82. The number of allylic oxidation sites excluding steroid dienone is 1. The maximum Gasteiger partial charge on any atom is 0.445 e. The van der Waals surface area contributed by atoms with Crippen molar-refractivity contribution in [2.75, 3.05) is 0 Å². The molecule has 1 atom stereocenters. The predicted octanol–water partition coefficient (Wildman–Crippen LogP) is 5.29. The Hall–Kier alpha value is -0.610. The molecule has 0 saturated heterocycles. The Morgan fingerprint density at radius 2 is 1.82 bits per heavy atom. The van der Waals surface area contributed by atoms with E-state index in [1.165, 1.54) is 6.07 Å². The Balaban J connectivity index is 2.20. The molecule has 0 amide bonds. The summed E-state index contributed by atoms with van der Waals surface area (Å²) in [5.41, 5.74) is -3.73. The third-order valence-corrected chi connectivity index (χ3v) is 7.42. The minimum Gasteiger partial charge on any atom is -0.160 e. The van der Waals surface area contributed by atoms with Gasteiger partial charge in [-0.3, -0.25) is 0 Å². The average molecular weight is 279 g/mol. The minimum absolute atomic E-state index is 0.0384. The second kappa shape index (κ2) is 3.45. The first-order valence-electron chi connectivity index (χ1n) is 5.34. The van der Waals surface area contributed by atoms with E-state index in [4.69, 9.17) is 10.7 Å². The van der Waals surface area contributed by atoms with Crippen LogP contribution in [-0.2, 0) is 0 Å². The summed E-state index contributed by atoms with van der Waals surface area (Å²) in [5.74, 6) is 0.0384. The van der Waals surface area contributed by atoms with Gasteiger partial charge >= 0.3 is 5.51 Å². The largest absolute Gasteiger partial charge is 0.445 e. The van der Waals surface area contributed by atoms with Gasteiger partial charge in [0.05, 0.1) is 0 Å². The molecule has 3 rings (SSSR count). The summed E-state index contributed by atoms with van der Waals surface area (Å²) in [4.78, 5) is 0.670. The van der Waals surface area contributed by atoms with Gasteiger partial charge in [0.1, 0.15) is 0 Å². The Bertz CT molecular complexity index is 505. The molecular weight excluding hydrogens is 269 g/mol. The van der Waals surface area contributed by atoms with Gasteiger partial charge in [0.2, 0.25) is 0 Å². The van der Waals surface area contributed by atoms with Crippen molar-refractivity contribution in [2.45, 2.75) is 23.2 Å². The molecular formula is C12H10ClF3S. The molecule has 5 heteroatoms. The number of alkyl halides is 3. The average Bonchev–Trinajstić information content (AvgIpc) is 3.04. The topological polar surface area (TPSA) is 0 Å². The summed E-state index contributed by atoms with van der Waals surface area (Å²) in [6, 6.07) is 6.59. The van der Waals surface area contributed by atoms with Crippen LogP contribution in [0.4, 0.5) is 13.2 Å². The summed E-state index contributed by atoms with van der Waals surface area (Å²) < 4.78 is 40.0. The lowest BCUT2D eigenvalue weighted by atomic mass is 10.2. The van der Waals surface area contributed by atoms with Crippen molar-refractivity contribution in [2.24, 2.45) is 5.92 Å². The quantitative estimate of drug-likeness (QED) is 0.655. The Morgan fingerprint density at radius 1 is 1.18 bits per heavy atom.